The summed E-state index contributed by atoms with van der Waals surface area (Å²) in [6.07, 6.45) is 1.86. The number of ether oxygens (including phenoxy) is 1. The fourth-order valence-corrected chi connectivity index (χ4v) is 3.68. The molecule has 1 aromatic carbocycles. The zero-order chi connectivity index (χ0) is 14.6. The number of rotatable bonds is 6. The number of anilines is 1. The first-order valence-electron chi connectivity index (χ1n) is 6.93. The van der Waals surface area contributed by atoms with Crippen molar-refractivity contribution in [1.82, 2.24) is 4.72 Å². The summed E-state index contributed by atoms with van der Waals surface area (Å²) >= 11 is 0. The summed E-state index contributed by atoms with van der Waals surface area (Å²) in [5.41, 5.74) is 0.236. The standard InChI is InChI=1S/C14H22N2O3S/c1-3-15-12-7-4-5-8-13(12)20(17,18)16-11-14(2)9-6-10-19-14/h4-5,7-8,15-16H,3,6,9-11H2,1-2H3. The molecule has 0 radical (unpaired) electrons. The summed E-state index contributed by atoms with van der Waals surface area (Å²) in [5, 5.41) is 3.07. The van der Waals surface area contributed by atoms with Gasteiger partial charge in [-0.3, -0.25) is 0 Å². The molecule has 2 N–H and O–H groups in total. The highest BCUT2D eigenvalue weighted by atomic mass is 32.2. The second-order valence-corrected chi connectivity index (χ2v) is 6.99. The summed E-state index contributed by atoms with van der Waals surface area (Å²) in [7, 11) is -3.53. The molecule has 6 heteroatoms. The van der Waals surface area contributed by atoms with Crippen LogP contribution in [0.3, 0.4) is 0 Å². The van der Waals surface area contributed by atoms with E-state index >= 15 is 0 Å². The number of para-hydroxylation sites is 1. The predicted molar refractivity (Wildman–Crippen MR) is 79.4 cm³/mol. The van der Waals surface area contributed by atoms with Gasteiger partial charge in [-0.05, 0) is 38.8 Å². The monoisotopic (exact) mass is 298 g/mol. The molecule has 1 atom stereocenters. The molecule has 20 heavy (non-hydrogen) atoms. The van der Waals surface area contributed by atoms with E-state index < -0.39 is 10.0 Å². The van der Waals surface area contributed by atoms with Crippen molar-refractivity contribution < 1.29 is 13.2 Å². The third kappa shape index (κ3) is 3.50. The minimum absolute atomic E-state index is 0.281. The van der Waals surface area contributed by atoms with Crippen LogP contribution < -0.4 is 10.0 Å². The van der Waals surface area contributed by atoms with Gasteiger partial charge in [0.1, 0.15) is 4.90 Å². The van der Waals surface area contributed by atoms with E-state index in [9.17, 15) is 8.42 Å². The average molecular weight is 298 g/mol. The van der Waals surface area contributed by atoms with Gasteiger partial charge in [-0.15, -0.1) is 0 Å². The molecular weight excluding hydrogens is 276 g/mol. The van der Waals surface area contributed by atoms with Crippen molar-refractivity contribution >= 4 is 15.7 Å². The second kappa shape index (κ2) is 6.11. The Hall–Kier alpha value is -1.11. The first-order chi connectivity index (χ1) is 9.47. The Labute approximate surface area is 120 Å². The van der Waals surface area contributed by atoms with E-state index in [1.54, 1.807) is 18.2 Å². The van der Waals surface area contributed by atoms with Crippen LogP contribution in [0.4, 0.5) is 5.69 Å². The van der Waals surface area contributed by atoms with E-state index in [2.05, 4.69) is 10.0 Å². The largest absolute Gasteiger partial charge is 0.384 e. The molecular formula is C14H22N2O3S. The number of sulfonamides is 1. The van der Waals surface area contributed by atoms with Gasteiger partial charge in [-0.25, -0.2) is 13.1 Å². The van der Waals surface area contributed by atoms with Gasteiger partial charge in [0.05, 0.1) is 11.3 Å². The van der Waals surface area contributed by atoms with Crippen molar-refractivity contribution in [2.24, 2.45) is 0 Å². The van der Waals surface area contributed by atoms with Crippen LogP contribution in [0.15, 0.2) is 29.2 Å². The molecule has 1 aliphatic rings. The maximum Gasteiger partial charge on any atom is 0.242 e. The van der Waals surface area contributed by atoms with E-state index in [1.807, 2.05) is 19.9 Å². The zero-order valence-electron chi connectivity index (χ0n) is 12.0. The summed E-state index contributed by atoms with van der Waals surface area (Å²) in [6.45, 7) is 5.55. The molecule has 0 amide bonds. The number of benzene rings is 1. The molecule has 1 saturated heterocycles. The Balaban J connectivity index is 2.14. The number of hydrogen-bond acceptors (Lipinski definition) is 4. The maximum atomic E-state index is 12.4. The summed E-state index contributed by atoms with van der Waals surface area (Å²) in [6, 6.07) is 6.92. The number of nitrogens with one attached hydrogen (secondary N) is 2. The molecule has 0 aromatic heterocycles. The van der Waals surface area contributed by atoms with Gasteiger partial charge in [-0.2, -0.15) is 0 Å². The van der Waals surface area contributed by atoms with E-state index in [4.69, 9.17) is 4.74 Å². The normalized spacial score (nSPS) is 22.9. The molecule has 1 aromatic rings. The first kappa shape index (κ1) is 15.3. The molecule has 0 saturated carbocycles. The lowest BCUT2D eigenvalue weighted by Crippen LogP contribution is -2.40. The zero-order valence-corrected chi connectivity index (χ0v) is 12.8. The van der Waals surface area contributed by atoms with Crippen LogP contribution in [-0.4, -0.2) is 33.7 Å². The topological polar surface area (TPSA) is 67.4 Å². The van der Waals surface area contributed by atoms with Crippen LogP contribution in [0.5, 0.6) is 0 Å². The Morgan fingerprint density at radius 3 is 2.75 bits per heavy atom. The van der Waals surface area contributed by atoms with Crippen LogP contribution in [-0.2, 0) is 14.8 Å². The molecule has 5 nitrogen and oxygen atoms in total. The number of hydrogen-bond donors (Lipinski definition) is 2. The lowest BCUT2D eigenvalue weighted by Gasteiger charge is -2.23. The fourth-order valence-electron chi connectivity index (χ4n) is 2.34. The Morgan fingerprint density at radius 2 is 2.10 bits per heavy atom. The van der Waals surface area contributed by atoms with Crippen molar-refractivity contribution in [3.8, 4) is 0 Å². The molecule has 1 unspecified atom stereocenters. The van der Waals surface area contributed by atoms with Gasteiger partial charge in [0, 0.05) is 19.7 Å². The highest BCUT2D eigenvalue weighted by molar-refractivity contribution is 7.89. The van der Waals surface area contributed by atoms with E-state index in [1.165, 1.54) is 0 Å². The maximum absolute atomic E-state index is 12.4. The van der Waals surface area contributed by atoms with Gasteiger partial charge < -0.3 is 10.1 Å². The minimum atomic E-state index is -3.53. The van der Waals surface area contributed by atoms with Crippen LogP contribution in [0.25, 0.3) is 0 Å². The fraction of sp³-hybridized carbons (Fsp3) is 0.571. The van der Waals surface area contributed by atoms with E-state index in [-0.39, 0.29) is 10.5 Å². The quantitative estimate of drug-likeness (QED) is 0.842. The Bertz CT molecular complexity index is 551. The second-order valence-electron chi connectivity index (χ2n) is 5.25. The van der Waals surface area contributed by atoms with Gasteiger partial charge in [-0.1, -0.05) is 12.1 Å². The third-order valence-corrected chi connectivity index (χ3v) is 4.94. The lowest BCUT2D eigenvalue weighted by atomic mass is 10.0. The van der Waals surface area contributed by atoms with Crippen LogP contribution in [0.2, 0.25) is 0 Å². The molecule has 0 spiro atoms. The SMILES string of the molecule is CCNc1ccccc1S(=O)(=O)NCC1(C)CCCO1. The van der Waals surface area contributed by atoms with Crippen molar-refractivity contribution in [2.45, 2.75) is 37.2 Å². The van der Waals surface area contributed by atoms with Crippen molar-refractivity contribution in [1.29, 1.82) is 0 Å². The van der Waals surface area contributed by atoms with Gasteiger partial charge >= 0.3 is 0 Å². The molecule has 1 fully saturated rings. The van der Waals surface area contributed by atoms with Crippen LogP contribution in [0.1, 0.15) is 26.7 Å². The van der Waals surface area contributed by atoms with Gasteiger partial charge in [0.25, 0.3) is 0 Å². The van der Waals surface area contributed by atoms with Crippen molar-refractivity contribution in [3.05, 3.63) is 24.3 Å². The van der Waals surface area contributed by atoms with Crippen LogP contribution in [0, 0.1) is 0 Å². The van der Waals surface area contributed by atoms with Crippen molar-refractivity contribution in [2.75, 3.05) is 25.0 Å². The van der Waals surface area contributed by atoms with E-state index in [0.29, 0.717) is 25.4 Å². The highest BCUT2D eigenvalue weighted by Crippen LogP contribution is 2.26. The summed E-state index contributed by atoms with van der Waals surface area (Å²) < 4.78 is 33.1. The molecule has 0 aliphatic carbocycles. The van der Waals surface area contributed by atoms with Crippen molar-refractivity contribution in [3.63, 3.8) is 0 Å². The van der Waals surface area contributed by atoms with Crippen LogP contribution >= 0.6 is 0 Å². The Kier molecular flexibility index (Phi) is 4.67. The highest BCUT2D eigenvalue weighted by Gasteiger charge is 2.31. The van der Waals surface area contributed by atoms with E-state index in [0.717, 1.165) is 12.8 Å². The third-order valence-electron chi connectivity index (χ3n) is 3.48. The molecule has 0 bridgehead atoms. The molecule has 112 valence electrons. The first-order valence-corrected chi connectivity index (χ1v) is 8.42. The molecule has 1 aliphatic heterocycles. The molecule has 2 rings (SSSR count). The summed E-state index contributed by atoms with van der Waals surface area (Å²) in [4.78, 5) is 0.281. The minimum Gasteiger partial charge on any atom is -0.384 e. The average Bonchev–Trinajstić information content (AvgIpc) is 2.85. The molecule has 1 heterocycles. The Morgan fingerprint density at radius 1 is 1.35 bits per heavy atom. The van der Waals surface area contributed by atoms with Gasteiger partial charge in [0.2, 0.25) is 10.0 Å². The predicted octanol–water partition coefficient (Wildman–Crippen LogP) is 1.97. The lowest BCUT2D eigenvalue weighted by molar-refractivity contribution is 0.0250. The van der Waals surface area contributed by atoms with Gasteiger partial charge in [0.15, 0.2) is 0 Å². The summed E-state index contributed by atoms with van der Waals surface area (Å²) in [5.74, 6) is 0. The smallest absolute Gasteiger partial charge is 0.242 e.